The maximum atomic E-state index is 13.0. The Bertz CT molecular complexity index is 1510. The highest BCUT2D eigenvalue weighted by atomic mass is 32.3. The SMILES string of the molecule is CON=C(C(=O)N[C@@H]1C(=O)N2C(C(=O)[O-])=C(C[n+]3cccc4c3CCC4)CS[C@H]12)c1csc(N)n1.O=S(=O)(O)O. The van der Waals surface area contributed by atoms with Gasteiger partial charge in [0.25, 0.3) is 11.8 Å². The number of nitrogens with one attached hydrogen (secondary N) is 1. The van der Waals surface area contributed by atoms with E-state index >= 15 is 0 Å². The number of thioether (sulfide) groups is 1. The molecule has 2 aliphatic heterocycles. The van der Waals surface area contributed by atoms with Crippen molar-refractivity contribution in [3.63, 3.8) is 0 Å². The molecular weight excluding hydrogens is 588 g/mol. The molecule has 5 N–H and O–H groups in total. The lowest BCUT2D eigenvalue weighted by molar-refractivity contribution is -0.696. The van der Waals surface area contributed by atoms with Crippen molar-refractivity contribution in [3.05, 3.63) is 51.9 Å². The average Bonchev–Trinajstić information content (AvgIpc) is 3.53. The zero-order valence-electron chi connectivity index (χ0n) is 20.8. The van der Waals surface area contributed by atoms with E-state index in [9.17, 15) is 19.5 Å². The molecule has 2 amide bonds. The molecule has 4 heterocycles. The molecule has 1 saturated heterocycles. The number of β-lactam (4-membered cyclic amide) rings is 1. The van der Waals surface area contributed by atoms with Crippen LogP contribution in [0.4, 0.5) is 5.13 Å². The Balaban J connectivity index is 0.000000681. The number of carboxylic acids is 1. The van der Waals surface area contributed by atoms with Gasteiger partial charge in [0.2, 0.25) is 0 Å². The van der Waals surface area contributed by atoms with Crippen molar-refractivity contribution in [2.75, 3.05) is 18.6 Å². The van der Waals surface area contributed by atoms with Crippen molar-refractivity contribution in [1.82, 2.24) is 15.2 Å². The number of nitrogen functional groups attached to an aromatic ring is 1. The van der Waals surface area contributed by atoms with E-state index in [4.69, 9.17) is 28.1 Å². The highest BCUT2D eigenvalue weighted by Crippen LogP contribution is 2.40. The second kappa shape index (κ2) is 11.9. The van der Waals surface area contributed by atoms with Crippen molar-refractivity contribution in [1.29, 1.82) is 0 Å². The van der Waals surface area contributed by atoms with Gasteiger partial charge in [-0.15, -0.1) is 23.1 Å². The molecule has 40 heavy (non-hydrogen) atoms. The number of carbonyl (C=O) groups is 3. The van der Waals surface area contributed by atoms with Crippen molar-refractivity contribution in [3.8, 4) is 0 Å². The van der Waals surface area contributed by atoms with Gasteiger partial charge in [0.15, 0.2) is 29.3 Å². The van der Waals surface area contributed by atoms with E-state index in [1.807, 2.05) is 12.3 Å². The monoisotopic (exact) mass is 612 g/mol. The number of hydrogen-bond donors (Lipinski definition) is 4. The Kier molecular flexibility index (Phi) is 8.74. The number of aliphatic carboxylic acids is 1. The predicted molar refractivity (Wildman–Crippen MR) is 140 cm³/mol. The van der Waals surface area contributed by atoms with E-state index in [1.54, 1.807) is 5.38 Å². The van der Waals surface area contributed by atoms with Crippen LogP contribution in [0.5, 0.6) is 0 Å². The summed E-state index contributed by atoms with van der Waals surface area (Å²) in [4.78, 5) is 48.0. The second-order valence-corrected chi connectivity index (χ2v) is 11.6. The van der Waals surface area contributed by atoms with Crippen LogP contribution >= 0.6 is 23.1 Å². The lowest BCUT2D eigenvalue weighted by atomic mass is 10.0. The Morgan fingerprint density at radius 2 is 2.10 bits per heavy atom. The van der Waals surface area contributed by atoms with Crippen molar-refractivity contribution in [2.45, 2.75) is 37.2 Å². The lowest BCUT2D eigenvalue weighted by Gasteiger charge is -2.50. The first kappa shape index (κ1) is 29.4. The fourth-order valence-electron chi connectivity index (χ4n) is 4.66. The first-order valence-electron chi connectivity index (χ1n) is 11.6. The number of anilines is 1. The minimum atomic E-state index is -4.67. The second-order valence-electron chi connectivity index (χ2n) is 8.70. The van der Waals surface area contributed by atoms with Crippen LogP contribution < -0.4 is 20.7 Å². The van der Waals surface area contributed by atoms with E-state index in [2.05, 4.69) is 26.1 Å². The number of oxime groups is 1. The number of aromatic nitrogens is 2. The number of pyridine rings is 1. The summed E-state index contributed by atoms with van der Waals surface area (Å²) in [6.45, 7) is 0.364. The van der Waals surface area contributed by atoms with Crippen LogP contribution in [0, 0.1) is 0 Å². The average molecular weight is 613 g/mol. The highest BCUT2D eigenvalue weighted by molar-refractivity contribution is 8.00. The maximum absolute atomic E-state index is 13.0. The normalized spacial score (nSPS) is 20.1. The number of fused-ring (bicyclic) bond motifs is 2. The first-order chi connectivity index (χ1) is 18.9. The summed E-state index contributed by atoms with van der Waals surface area (Å²) in [5, 5.41) is 19.7. The van der Waals surface area contributed by atoms with E-state index in [-0.39, 0.29) is 22.2 Å². The van der Waals surface area contributed by atoms with Crippen molar-refractivity contribution < 1.29 is 46.4 Å². The third kappa shape index (κ3) is 6.41. The molecule has 1 aliphatic carbocycles. The first-order valence-corrected chi connectivity index (χ1v) is 14.9. The number of carbonyl (C=O) groups excluding carboxylic acids is 3. The van der Waals surface area contributed by atoms with Crippen LogP contribution in [-0.4, -0.2) is 75.2 Å². The predicted octanol–water partition coefficient (Wildman–Crippen LogP) is -1.70. The fraction of sp³-hybridized carbons (Fsp3) is 0.364. The van der Waals surface area contributed by atoms with Crippen molar-refractivity contribution >= 4 is 62.1 Å². The van der Waals surface area contributed by atoms with Gasteiger partial charge in [0.05, 0.1) is 11.7 Å². The molecule has 2 aromatic heterocycles. The molecule has 0 aromatic carbocycles. The number of thiazole rings is 1. The summed E-state index contributed by atoms with van der Waals surface area (Å²) in [6, 6.07) is 3.12. The third-order valence-electron chi connectivity index (χ3n) is 6.19. The van der Waals surface area contributed by atoms with Gasteiger partial charge in [-0.1, -0.05) is 5.16 Å². The van der Waals surface area contributed by atoms with Crippen LogP contribution in [0.15, 0.2) is 40.1 Å². The maximum Gasteiger partial charge on any atom is 0.394 e. The molecule has 0 radical (unpaired) electrons. The van der Waals surface area contributed by atoms with Crippen LogP contribution in [0.3, 0.4) is 0 Å². The standard InChI is InChI=1S/C22H22N6O5S2.H2O4S/c1-33-26-15(13-10-35-22(23)24-13)18(29)25-16-19(30)28-17(21(31)32)12(9-34-20(16)28)8-27-7-3-5-11-4-2-6-14(11)27;1-5(2,3)4/h3,5,7,10,16,20H,2,4,6,8-9H2,1H3,(H3-,23,24,25,29,31,32);(H2,1,2,3,4)/t16-,20-;/m1./s1. The number of carboxylic acid groups (broad SMARTS) is 1. The Labute approximate surface area is 236 Å². The summed E-state index contributed by atoms with van der Waals surface area (Å²) in [7, 11) is -3.38. The number of hydrogen-bond acceptors (Lipinski definition) is 12. The molecule has 5 rings (SSSR count). The molecule has 2 atom stereocenters. The van der Waals surface area contributed by atoms with Gasteiger partial charge in [-0.3, -0.25) is 23.6 Å². The molecule has 1 fully saturated rings. The molecule has 0 saturated carbocycles. The van der Waals surface area contributed by atoms with Crippen LogP contribution in [0.2, 0.25) is 0 Å². The highest BCUT2D eigenvalue weighted by Gasteiger charge is 2.53. The quantitative estimate of drug-likeness (QED) is 0.0902. The van der Waals surface area contributed by atoms with E-state index < -0.39 is 39.6 Å². The summed E-state index contributed by atoms with van der Waals surface area (Å²) in [5.74, 6) is -2.21. The topological polar surface area (TPSA) is 229 Å². The number of nitrogens with zero attached hydrogens (tertiary/aromatic N) is 4. The molecular formula is C22H24N6O9S3. The van der Waals surface area contributed by atoms with Gasteiger partial charge in [-0.05, 0) is 18.9 Å². The van der Waals surface area contributed by atoms with Gasteiger partial charge in [-0.2, -0.15) is 13.0 Å². The number of aryl methyl sites for hydroxylation is 1. The van der Waals surface area contributed by atoms with Crippen LogP contribution in [0.1, 0.15) is 23.4 Å². The van der Waals surface area contributed by atoms with E-state index in [1.165, 1.54) is 35.0 Å². The molecule has 0 spiro atoms. The van der Waals surface area contributed by atoms with Gasteiger partial charge < -0.3 is 25.8 Å². The Hall–Kier alpha value is -3.58. The summed E-state index contributed by atoms with van der Waals surface area (Å²) in [5.41, 5.74) is 8.69. The molecule has 2 aromatic rings. The number of rotatable bonds is 7. The molecule has 18 heteroatoms. The minimum Gasteiger partial charge on any atom is -0.543 e. The smallest absolute Gasteiger partial charge is 0.394 e. The number of nitrogens with two attached hydrogens (primary N) is 1. The van der Waals surface area contributed by atoms with Crippen LogP contribution in [-0.2, 0) is 49.0 Å². The van der Waals surface area contributed by atoms with Gasteiger partial charge in [0.1, 0.15) is 24.2 Å². The molecule has 15 nitrogen and oxygen atoms in total. The fourth-order valence-corrected chi connectivity index (χ4v) is 6.54. The van der Waals surface area contributed by atoms with Crippen LogP contribution in [0.25, 0.3) is 0 Å². The Morgan fingerprint density at radius 1 is 1.38 bits per heavy atom. The molecule has 0 unspecified atom stereocenters. The summed E-state index contributed by atoms with van der Waals surface area (Å²) < 4.78 is 33.6. The zero-order valence-corrected chi connectivity index (χ0v) is 23.3. The Morgan fingerprint density at radius 3 is 2.73 bits per heavy atom. The van der Waals surface area contributed by atoms with E-state index in [0.717, 1.165) is 30.6 Å². The number of amides is 2. The molecule has 0 bridgehead atoms. The van der Waals surface area contributed by atoms with Gasteiger partial charge >= 0.3 is 10.4 Å². The van der Waals surface area contributed by atoms with Gasteiger partial charge in [-0.25, -0.2) is 4.98 Å². The largest absolute Gasteiger partial charge is 0.543 e. The summed E-state index contributed by atoms with van der Waals surface area (Å²) in [6.07, 6.45) is 4.94. The lowest BCUT2D eigenvalue weighted by Crippen LogP contribution is -2.71. The molecule has 3 aliphatic rings. The molecule has 214 valence electrons. The van der Waals surface area contributed by atoms with E-state index in [0.29, 0.717) is 17.9 Å². The summed E-state index contributed by atoms with van der Waals surface area (Å²) >= 11 is 2.53. The minimum absolute atomic E-state index is 0.120. The third-order valence-corrected chi connectivity index (χ3v) is 8.20. The van der Waals surface area contributed by atoms with Gasteiger partial charge in [0, 0.05) is 34.8 Å². The zero-order chi connectivity index (χ0) is 29.2. The van der Waals surface area contributed by atoms with Crippen molar-refractivity contribution in [2.24, 2.45) is 5.16 Å².